The number of ether oxygens (including phenoxy) is 1. The molecule has 3 nitrogen and oxygen atoms in total. The van der Waals surface area contributed by atoms with Crippen LogP contribution in [0.4, 0.5) is 0 Å². The number of halogens is 2. The molecule has 0 unspecified atom stereocenters. The first kappa shape index (κ1) is 35.7. The van der Waals surface area contributed by atoms with E-state index in [9.17, 15) is 0 Å². The Morgan fingerprint density at radius 3 is 1.48 bits per heavy atom. The molecule has 0 atom stereocenters. The van der Waals surface area contributed by atoms with E-state index in [1.165, 1.54) is 90.5 Å². The summed E-state index contributed by atoms with van der Waals surface area (Å²) in [5, 5.41) is 14.7. The molecule has 7 heteroatoms. The number of aryl methyl sites for hydroxylation is 2. The molecular weight excluding hydrogens is 751 g/mol. The fraction of sp³-hybridized carbons (Fsp3) is 0.302. The number of unbranched alkanes of at least 4 members (excludes halogenated alkanes) is 3. The van der Waals surface area contributed by atoms with E-state index in [1.807, 2.05) is 0 Å². The van der Waals surface area contributed by atoms with E-state index in [0.29, 0.717) is 0 Å². The van der Waals surface area contributed by atoms with Gasteiger partial charge in [-0.1, -0.05) is 137 Å². The number of aromatic nitrogens is 2. The first-order valence-corrected chi connectivity index (χ1v) is 26.9. The maximum atomic E-state index is 6.08. The van der Waals surface area contributed by atoms with Crippen molar-refractivity contribution in [3.05, 3.63) is 97.1 Å². The summed E-state index contributed by atoms with van der Waals surface area (Å²) in [5.74, 6) is 0. The molecule has 0 bridgehead atoms. The van der Waals surface area contributed by atoms with E-state index in [2.05, 4.69) is 148 Å². The Morgan fingerprint density at radius 1 is 0.620 bits per heavy atom. The van der Waals surface area contributed by atoms with E-state index in [0.717, 1.165) is 13.0 Å². The van der Waals surface area contributed by atoms with Crippen molar-refractivity contribution >= 4 is 101 Å². The maximum absolute atomic E-state index is 6.08. The number of hydrogen-bond donors (Lipinski definition) is 0. The molecule has 0 saturated heterocycles. The quantitative estimate of drug-likeness (QED) is 0.0809. The Labute approximate surface area is 315 Å². The standard InChI is InChI=1S/C43H46N2OSi.2ClH.Zr/c1-43(2,3)46-27-17-7-8-18-28-47(6,41-31-21-11-9-19-29(31)39-37(41)33-23-13-15-25-35(33)44(39)4)42-32-22-12-10-20-30(32)40-38(42)34-24-14-16-26-36(34)45(40)5;;;/h9-16,19-26H,7-8,17-18,27-28H2,1-6H3;2*1H;/q-2;;;+4/p-2. The van der Waals surface area contributed by atoms with E-state index in [4.69, 9.17) is 21.8 Å². The van der Waals surface area contributed by atoms with Crippen LogP contribution in [-0.2, 0) is 39.7 Å². The van der Waals surface area contributed by atoms with Gasteiger partial charge in [0.05, 0.1) is 5.60 Å². The molecule has 0 aliphatic rings. The first-order chi connectivity index (χ1) is 24.1. The fourth-order valence-corrected chi connectivity index (χ4v) is 13.8. The van der Waals surface area contributed by atoms with Crippen molar-refractivity contribution in [1.82, 2.24) is 9.13 Å². The van der Waals surface area contributed by atoms with Gasteiger partial charge in [-0.15, -0.1) is 33.3 Å². The van der Waals surface area contributed by atoms with Gasteiger partial charge in [0.2, 0.25) is 0 Å². The Hall–Kier alpha value is -2.66. The molecule has 2 heterocycles. The predicted octanol–water partition coefficient (Wildman–Crippen LogP) is 11.7. The molecule has 0 spiro atoms. The van der Waals surface area contributed by atoms with Crippen LogP contribution in [0, 0.1) is 0 Å². The molecule has 256 valence electrons. The molecule has 0 radical (unpaired) electrons. The number of benzene rings is 4. The van der Waals surface area contributed by atoms with Crippen LogP contribution in [0.15, 0.2) is 97.1 Å². The molecule has 8 rings (SSSR count). The molecule has 8 aromatic rings. The zero-order valence-electron chi connectivity index (χ0n) is 30.0. The van der Waals surface area contributed by atoms with Gasteiger partial charge in [0, 0.05) is 39.8 Å². The Balaban J connectivity index is 0.00000126. The summed E-state index contributed by atoms with van der Waals surface area (Å²) in [4.78, 5) is 0. The molecule has 0 N–H and O–H groups in total. The zero-order valence-corrected chi connectivity index (χ0v) is 35.0. The summed E-state index contributed by atoms with van der Waals surface area (Å²) >= 11 is -0.826. The molecule has 0 aliphatic carbocycles. The fourth-order valence-electron chi connectivity index (χ4n) is 8.84. The summed E-state index contributed by atoms with van der Waals surface area (Å²) in [5.41, 5.74) is 5.35. The van der Waals surface area contributed by atoms with Gasteiger partial charge in [0.1, 0.15) is 0 Å². The molecule has 6 aromatic carbocycles. The van der Waals surface area contributed by atoms with Crippen LogP contribution in [0.1, 0.15) is 46.5 Å². The summed E-state index contributed by atoms with van der Waals surface area (Å²) in [6.07, 6.45) is 4.77. The van der Waals surface area contributed by atoms with E-state index in [-0.39, 0.29) is 5.60 Å². The molecule has 0 amide bonds. The number of hydrogen-bond acceptors (Lipinski definition) is 1. The van der Waals surface area contributed by atoms with Crippen molar-refractivity contribution in [2.75, 3.05) is 6.61 Å². The Bertz CT molecular complexity index is 2290. The normalized spacial score (nSPS) is 12.5. The summed E-state index contributed by atoms with van der Waals surface area (Å²) < 4.78 is 11.0. The van der Waals surface area contributed by atoms with Crippen molar-refractivity contribution in [2.45, 2.75) is 64.6 Å². The number of nitrogens with zero attached hydrogens (tertiary/aromatic N) is 2. The van der Waals surface area contributed by atoms with Crippen molar-refractivity contribution in [3.8, 4) is 0 Å². The summed E-state index contributed by atoms with van der Waals surface area (Å²) in [6, 6.07) is 37.9. The van der Waals surface area contributed by atoms with Crippen LogP contribution < -0.4 is 10.4 Å². The third-order valence-electron chi connectivity index (χ3n) is 10.8. The summed E-state index contributed by atoms with van der Waals surface area (Å²) in [6.45, 7) is 10.0. The Morgan fingerprint density at radius 2 is 1.02 bits per heavy atom. The van der Waals surface area contributed by atoms with E-state index >= 15 is 0 Å². The second kappa shape index (κ2) is 14.4. The van der Waals surface area contributed by atoms with Crippen LogP contribution in [0.25, 0.3) is 65.2 Å². The second-order valence-electron chi connectivity index (χ2n) is 15.0. The van der Waals surface area contributed by atoms with E-state index < -0.39 is 28.9 Å². The summed E-state index contributed by atoms with van der Waals surface area (Å²) in [7, 11) is 12.0. The van der Waals surface area contributed by atoms with Crippen molar-refractivity contribution < 1.29 is 25.6 Å². The molecule has 0 fully saturated rings. The molecule has 0 aliphatic heterocycles. The monoisotopic (exact) mass is 794 g/mol. The SMILES string of the molecule is Cn1c2ccccc2c2c1c1ccccc1[c-]2[Si](C)(CCCCCCOC(C)(C)C)[c-]1c2ccccc2c2c1c1ccccc1n2C.[Cl][Zr+2][Cl]. The average Bonchev–Trinajstić information content (AvgIpc) is 3.81. The number of rotatable bonds is 9. The van der Waals surface area contributed by atoms with Crippen molar-refractivity contribution in [2.24, 2.45) is 14.1 Å². The van der Waals surface area contributed by atoms with Crippen LogP contribution in [0.5, 0.6) is 0 Å². The first-order valence-electron chi connectivity index (χ1n) is 17.8. The average molecular weight is 797 g/mol. The van der Waals surface area contributed by atoms with Crippen LogP contribution in [-0.4, -0.2) is 29.4 Å². The van der Waals surface area contributed by atoms with Crippen LogP contribution in [0.3, 0.4) is 0 Å². The minimum atomic E-state index is -2.42. The Kier molecular flexibility index (Phi) is 10.3. The van der Waals surface area contributed by atoms with Gasteiger partial charge in [-0.25, -0.2) is 0 Å². The second-order valence-corrected chi connectivity index (χ2v) is 22.9. The van der Waals surface area contributed by atoms with Gasteiger partial charge in [0.25, 0.3) is 0 Å². The molecule has 2 aromatic heterocycles. The number of fused-ring (bicyclic) bond motifs is 10. The molecule has 50 heavy (non-hydrogen) atoms. The van der Waals surface area contributed by atoms with E-state index in [1.54, 1.807) is 10.4 Å². The number of para-hydroxylation sites is 2. The van der Waals surface area contributed by atoms with Gasteiger partial charge in [-0.2, -0.15) is 0 Å². The van der Waals surface area contributed by atoms with Crippen LogP contribution >= 0.6 is 17.0 Å². The topological polar surface area (TPSA) is 19.1 Å². The van der Waals surface area contributed by atoms with Gasteiger partial charge in [-0.3, -0.25) is 0 Å². The third kappa shape index (κ3) is 6.05. The van der Waals surface area contributed by atoms with Crippen LogP contribution in [0.2, 0.25) is 12.6 Å². The van der Waals surface area contributed by atoms with Gasteiger partial charge in [0.15, 0.2) is 0 Å². The van der Waals surface area contributed by atoms with Gasteiger partial charge in [-0.05, 0) is 50.4 Å². The third-order valence-corrected chi connectivity index (χ3v) is 15.4. The minimum absolute atomic E-state index is 0.0726. The van der Waals surface area contributed by atoms with Gasteiger partial charge >= 0.3 is 37.9 Å². The molecule has 0 saturated carbocycles. The van der Waals surface area contributed by atoms with Crippen molar-refractivity contribution in [3.63, 3.8) is 0 Å². The molecular formula is C43H46Cl2N2OSiZr. The van der Waals surface area contributed by atoms with Crippen molar-refractivity contribution in [1.29, 1.82) is 0 Å². The zero-order chi connectivity index (χ0) is 35.2. The predicted molar refractivity (Wildman–Crippen MR) is 219 cm³/mol. The van der Waals surface area contributed by atoms with Gasteiger partial charge < -0.3 is 13.9 Å².